The van der Waals surface area contributed by atoms with Crippen LogP contribution in [-0.2, 0) is 6.61 Å². The van der Waals surface area contributed by atoms with Crippen LogP contribution in [0.4, 0.5) is 5.69 Å². The van der Waals surface area contributed by atoms with E-state index in [1.165, 1.54) is 6.07 Å². The van der Waals surface area contributed by atoms with Crippen molar-refractivity contribution in [2.45, 2.75) is 27.4 Å². The zero-order valence-electron chi connectivity index (χ0n) is 16.9. The molecule has 0 saturated carbocycles. The van der Waals surface area contributed by atoms with Crippen molar-refractivity contribution in [2.24, 2.45) is 0 Å². The van der Waals surface area contributed by atoms with Gasteiger partial charge in [-0.25, -0.2) is 4.98 Å². The molecular formula is C23H21N3O4. The van der Waals surface area contributed by atoms with Gasteiger partial charge in [-0.2, -0.15) is 0 Å². The van der Waals surface area contributed by atoms with Crippen molar-refractivity contribution in [3.05, 3.63) is 93.1 Å². The minimum Gasteiger partial charge on any atom is -0.487 e. The second-order valence-electron chi connectivity index (χ2n) is 7.18. The normalized spacial score (nSPS) is 10.9. The van der Waals surface area contributed by atoms with E-state index in [4.69, 9.17) is 9.26 Å². The number of amides is 1. The fourth-order valence-corrected chi connectivity index (χ4v) is 3.12. The van der Waals surface area contributed by atoms with Crippen LogP contribution >= 0.6 is 0 Å². The first-order chi connectivity index (χ1) is 14.4. The van der Waals surface area contributed by atoms with Gasteiger partial charge in [0.1, 0.15) is 18.1 Å². The van der Waals surface area contributed by atoms with Gasteiger partial charge in [-0.05, 0) is 44.5 Å². The Hall–Kier alpha value is -3.87. The number of fused-ring (bicyclic) bond motifs is 1. The molecule has 2 aromatic heterocycles. The molecule has 0 radical (unpaired) electrons. The standard InChI is InChI=1S/C23H21N3O4/c1-14-5-4-6-17(9-14)23(28)25-18-8-7-15(2)20(11-18)29-13-19-12-22(27)26-21(24-19)10-16(3)30-26/h4-12H,13H2,1-3H3,(H,25,28). The maximum Gasteiger partial charge on any atom is 0.287 e. The quantitative estimate of drug-likeness (QED) is 0.543. The van der Waals surface area contributed by atoms with Gasteiger partial charge in [0, 0.05) is 29.4 Å². The smallest absolute Gasteiger partial charge is 0.287 e. The highest BCUT2D eigenvalue weighted by Crippen LogP contribution is 2.24. The average Bonchev–Trinajstić information content (AvgIpc) is 3.09. The fourth-order valence-electron chi connectivity index (χ4n) is 3.12. The monoisotopic (exact) mass is 403 g/mol. The molecule has 0 saturated heterocycles. The van der Waals surface area contributed by atoms with Crippen LogP contribution in [0.15, 0.2) is 63.9 Å². The Kier molecular flexibility index (Phi) is 5.10. The number of benzene rings is 2. The second kappa shape index (κ2) is 7.87. The third-order valence-corrected chi connectivity index (χ3v) is 4.63. The number of nitrogens with zero attached hydrogens (tertiary/aromatic N) is 2. The van der Waals surface area contributed by atoms with E-state index in [1.54, 1.807) is 25.1 Å². The lowest BCUT2D eigenvalue weighted by atomic mass is 10.1. The minimum absolute atomic E-state index is 0.117. The first-order valence-electron chi connectivity index (χ1n) is 9.50. The molecule has 1 amide bonds. The molecule has 2 heterocycles. The molecule has 0 aliphatic carbocycles. The Bertz CT molecular complexity index is 1300. The van der Waals surface area contributed by atoms with E-state index in [1.807, 2.05) is 44.2 Å². The van der Waals surface area contributed by atoms with Gasteiger partial charge < -0.3 is 14.6 Å². The number of aromatic nitrogens is 2. The van der Waals surface area contributed by atoms with Crippen molar-refractivity contribution in [1.29, 1.82) is 0 Å². The third-order valence-electron chi connectivity index (χ3n) is 4.63. The first-order valence-corrected chi connectivity index (χ1v) is 9.50. The summed E-state index contributed by atoms with van der Waals surface area (Å²) in [5.74, 6) is 1.01. The predicted molar refractivity (Wildman–Crippen MR) is 113 cm³/mol. The lowest BCUT2D eigenvalue weighted by molar-refractivity contribution is 0.102. The van der Waals surface area contributed by atoms with Gasteiger partial charge >= 0.3 is 0 Å². The molecular weight excluding hydrogens is 382 g/mol. The molecule has 0 spiro atoms. The number of carbonyl (C=O) groups excluding carboxylic acids is 1. The summed E-state index contributed by atoms with van der Waals surface area (Å²) in [6.07, 6.45) is 0. The van der Waals surface area contributed by atoms with Gasteiger partial charge in [0.25, 0.3) is 11.5 Å². The van der Waals surface area contributed by atoms with E-state index in [-0.39, 0.29) is 18.1 Å². The molecule has 152 valence electrons. The van der Waals surface area contributed by atoms with E-state index in [2.05, 4.69) is 10.3 Å². The number of hydrogen-bond donors (Lipinski definition) is 1. The van der Waals surface area contributed by atoms with Gasteiger partial charge in [0.05, 0.1) is 5.69 Å². The average molecular weight is 403 g/mol. The number of hydrogen-bond acceptors (Lipinski definition) is 5. The molecule has 0 atom stereocenters. The maximum absolute atomic E-state index is 12.5. The summed E-state index contributed by atoms with van der Waals surface area (Å²) >= 11 is 0. The molecule has 1 N–H and O–H groups in total. The molecule has 4 rings (SSSR count). The van der Waals surface area contributed by atoms with Crippen molar-refractivity contribution in [3.8, 4) is 5.75 Å². The van der Waals surface area contributed by atoms with Crippen molar-refractivity contribution < 1.29 is 14.1 Å². The van der Waals surface area contributed by atoms with Crippen LogP contribution in [0.3, 0.4) is 0 Å². The highest BCUT2D eigenvalue weighted by Gasteiger charge is 2.10. The Morgan fingerprint density at radius 2 is 1.93 bits per heavy atom. The summed E-state index contributed by atoms with van der Waals surface area (Å²) in [5, 5.41) is 2.89. The number of anilines is 1. The highest BCUT2D eigenvalue weighted by molar-refractivity contribution is 6.04. The van der Waals surface area contributed by atoms with Crippen LogP contribution in [0.2, 0.25) is 0 Å². The van der Waals surface area contributed by atoms with E-state index in [0.717, 1.165) is 15.7 Å². The van der Waals surface area contributed by atoms with Crippen LogP contribution in [0.5, 0.6) is 5.75 Å². The van der Waals surface area contributed by atoms with Gasteiger partial charge in [0.2, 0.25) is 0 Å². The largest absolute Gasteiger partial charge is 0.487 e. The number of rotatable bonds is 5. The SMILES string of the molecule is Cc1cccc(C(=O)Nc2ccc(C)c(OCc3cc(=O)n4oc(C)cc4n3)c2)c1. The lowest BCUT2D eigenvalue weighted by Crippen LogP contribution is -2.14. The van der Waals surface area contributed by atoms with E-state index < -0.39 is 0 Å². The highest BCUT2D eigenvalue weighted by atomic mass is 16.5. The van der Waals surface area contributed by atoms with Gasteiger partial charge in [-0.3, -0.25) is 9.59 Å². The number of nitrogens with one attached hydrogen (secondary N) is 1. The summed E-state index contributed by atoms with van der Waals surface area (Å²) < 4.78 is 12.3. The van der Waals surface area contributed by atoms with Crippen LogP contribution in [-0.4, -0.2) is 15.5 Å². The van der Waals surface area contributed by atoms with Crippen molar-refractivity contribution in [3.63, 3.8) is 0 Å². The molecule has 0 fully saturated rings. The predicted octanol–water partition coefficient (Wildman–Crippen LogP) is 4.04. The van der Waals surface area contributed by atoms with Gasteiger partial charge in [-0.1, -0.05) is 23.8 Å². The number of ether oxygens (including phenoxy) is 1. The molecule has 4 aromatic rings. The summed E-state index contributed by atoms with van der Waals surface area (Å²) in [6.45, 7) is 5.72. The van der Waals surface area contributed by atoms with Gasteiger partial charge in [-0.15, -0.1) is 4.57 Å². The zero-order valence-corrected chi connectivity index (χ0v) is 16.9. The molecule has 7 nitrogen and oxygen atoms in total. The van der Waals surface area contributed by atoms with E-state index in [0.29, 0.717) is 34.1 Å². The van der Waals surface area contributed by atoms with Crippen LogP contribution < -0.4 is 15.6 Å². The van der Waals surface area contributed by atoms with Crippen molar-refractivity contribution >= 4 is 17.2 Å². The summed E-state index contributed by atoms with van der Waals surface area (Å²) in [7, 11) is 0. The molecule has 7 heteroatoms. The molecule has 30 heavy (non-hydrogen) atoms. The third kappa shape index (κ3) is 4.10. The Morgan fingerprint density at radius 1 is 1.10 bits per heavy atom. The summed E-state index contributed by atoms with van der Waals surface area (Å²) in [5.41, 5.74) is 3.76. The molecule has 0 unspecified atom stereocenters. The molecule has 0 aliphatic rings. The Balaban J connectivity index is 1.51. The second-order valence-corrected chi connectivity index (χ2v) is 7.18. The number of carbonyl (C=O) groups is 1. The molecule has 0 aliphatic heterocycles. The van der Waals surface area contributed by atoms with Crippen LogP contribution in [0, 0.1) is 20.8 Å². The Labute approximate surface area is 172 Å². The lowest BCUT2D eigenvalue weighted by Gasteiger charge is -2.12. The van der Waals surface area contributed by atoms with Gasteiger partial charge in [0.15, 0.2) is 5.65 Å². The van der Waals surface area contributed by atoms with E-state index in [9.17, 15) is 9.59 Å². The van der Waals surface area contributed by atoms with Crippen LogP contribution in [0.1, 0.15) is 32.9 Å². The summed E-state index contributed by atoms with van der Waals surface area (Å²) in [4.78, 5) is 29.0. The molecule has 0 bridgehead atoms. The summed E-state index contributed by atoms with van der Waals surface area (Å²) in [6, 6.07) is 15.9. The first kappa shape index (κ1) is 19.4. The molecule has 2 aromatic carbocycles. The number of aryl methyl sites for hydroxylation is 3. The van der Waals surface area contributed by atoms with Crippen LogP contribution in [0.25, 0.3) is 5.65 Å². The Morgan fingerprint density at radius 3 is 2.73 bits per heavy atom. The minimum atomic E-state index is -0.303. The van der Waals surface area contributed by atoms with E-state index >= 15 is 0 Å². The van der Waals surface area contributed by atoms with Crippen molar-refractivity contribution in [2.75, 3.05) is 5.32 Å². The fraction of sp³-hybridized carbons (Fsp3) is 0.174. The zero-order chi connectivity index (χ0) is 21.3. The van der Waals surface area contributed by atoms with Crippen molar-refractivity contribution in [1.82, 2.24) is 9.56 Å². The maximum atomic E-state index is 12.5. The topological polar surface area (TPSA) is 85.8 Å².